The van der Waals surface area contributed by atoms with E-state index < -0.39 is 6.10 Å². The monoisotopic (exact) mass is 320 g/mol. The Balaban J connectivity index is 1.78. The highest BCUT2D eigenvalue weighted by Crippen LogP contribution is 2.34. The molecule has 1 aliphatic rings. The lowest BCUT2D eigenvalue weighted by Gasteiger charge is -2.12. The van der Waals surface area contributed by atoms with Gasteiger partial charge in [-0.3, -0.25) is 0 Å². The van der Waals surface area contributed by atoms with Gasteiger partial charge >= 0.3 is 0 Å². The summed E-state index contributed by atoms with van der Waals surface area (Å²) in [4.78, 5) is 0. The van der Waals surface area contributed by atoms with Crippen LogP contribution in [0.3, 0.4) is 0 Å². The Morgan fingerprint density at radius 3 is 2.79 bits per heavy atom. The number of hydrogen-bond acceptors (Lipinski definition) is 3. The van der Waals surface area contributed by atoms with Crippen molar-refractivity contribution in [2.75, 3.05) is 6.79 Å². The van der Waals surface area contributed by atoms with Gasteiger partial charge in [0.2, 0.25) is 6.79 Å². The molecule has 0 bridgehead atoms. The summed E-state index contributed by atoms with van der Waals surface area (Å²) in [7, 11) is 0. The number of aliphatic hydroxyl groups is 1. The molecule has 1 unspecified atom stereocenters. The van der Waals surface area contributed by atoms with Crippen LogP contribution in [-0.2, 0) is 6.42 Å². The van der Waals surface area contributed by atoms with E-state index in [2.05, 4.69) is 15.9 Å². The quantitative estimate of drug-likeness (QED) is 0.941. The second-order valence-corrected chi connectivity index (χ2v) is 5.38. The third-order valence-electron chi connectivity index (χ3n) is 3.10. The van der Waals surface area contributed by atoms with Gasteiger partial charge in [-0.25, -0.2) is 0 Å². The molecule has 98 valence electrons. The van der Waals surface area contributed by atoms with Gasteiger partial charge in [-0.05, 0) is 35.4 Å². The minimum Gasteiger partial charge on any atom is -0.454 e. The van der Waals surface area contributed by atoms with Gasteiger partial charge in [-0.1, -0.05) is 34.1 Å². The van der Waals surface area contributed by atoms with E-state index >= 15 is 0 Å². The Morgan fingerprint density at radius 2 is 1.95 bits per heavy atom. The Labute approximate surface area is 119 Å². The molecule has 0 saturated heterocycles. The minimum atomic E-state index is -0.552. The predicted octanol–water partition coefficient (Wildman–Crippen LogP) is 3.45. The molecule has 1 heterocycles. The molecular formula is C15H13BrO3. The molecule has 0 fully saturated rings. The van der Waals surface area contributed by atoms with Crippen LogP contribution in [0.5, 0.6) is 11.5 Å². The first-order valence-electron chi connectivity index (χ1n) is 6.04. The standard InChI is InChI=1S/C15H13BrO3/c16-12-3-1-2-10(6-12)7-13(17)11-4-5-14-15(8-11)19-9-18-14/h1-6,8,13,17H,7,9H2. The minimum absolute atomic E-state index is 0.251. The molecule has 0 spiro atoms. The third kappa shape index (κ3) is 2.74. The first-order chi connectivity index (χ1) is 9.22. The Bertz CT molecular complexity index is 598. The zero-order valence-corrected chi connectivity index (χ0v) is 11.8. The van der Waals surface area contributed by atoms with Crippen LogP contribution in [0.4, 0.5) is 0 Å². The van der Waals surface area contributed by atoms with E-state index in [1.54, 1.807) is 0 Å². The highest BCUT2D eigenvalue weighted by atomic mass is 79.9. The first-order valence-corrected chi connectivity index (χ1v) is 6.84. The summed E-state index contributed by atoms with van der Waals surface area (Å²) >= 11 is 3.43. The number of benzene rings is 2. The predicted molar refractivity (Wildman–Crippen MR) is 75.4 cm³/mol. The van der Waals surface area contributed by atoms with Gasteiger partial charge in [-0.2, -0.15) is 0 Å². The van der Waals surface area contributed by atoms with Crippen molar-refractivity contribution < 1.29 is 14.6 Å². The topological polar surface area (TPSA) is 38.7 Å². The largest absolute Gasteiger partial charge is 0.454 e. The van der Waals surface area contributed by atoms with E-state index in [1.165, 1.54) is 0 Å². The van der Waals surface area contributed by atoms with E-state index in [1.807, 2.05) is 42.5 Å². The number of ether oxygens (including phenoxy) is 2. The van der Waals surface area contributed by atoms with Gasteiger partial charge in [0, 0.05) is 10.9 Å². The van der Waals surface area contributed by atoms with Gasteiger partial charge < -0.3 is 14.6 Å². The highest BCUT2D eigenvalue weighted by molar-refractivity contribution is 9.10. The lowest BCUT2D eigenvalue weighted by Crippen LogP contribution is -2.01. The summed E-state index contributed by atoms with van der Waals surface area (Å²) in [6.45, 7) is 0.251. The summed E-state index contributed by atoms with van der Waals surface area (Å²) in [5, 5.41) is 10.3. The lowest BCUT2D eigenvalue weighted by atomic mass is 10.0. The molecule has 1 aliphatic heterocycles. The molecule has 0 radical (unpaired) electrons. The van der Waals surface area contributed by atoms with Crippen LogP contribution in [0.15, 0.2) is 46.9 Å². The highest BCUT2D eigenvalue weighted by Gasteiger charge is 2.16. The van der Waals surface area contributed by atoms with Crippen LogP contribution in [0, 0.1) is 0 Å². The van der Waals surface area contributed by atoms with Crippen LogP contribution in [0.2, 0.25) is 0 Å². The molecule has 1 N–H and O–H groups in total. The van der Waals surface area contributed by atoms with Crippen LogP contribution in [-0.4, -0.2) is 11.9 Å². The summed E-state index contributed by atoms with van der Waals surface area (Å²) in [5.41, 5.74) is 1.92. The Kier molecular flexibility index (Phi) is 3.44. The van der Waals surface area contributed by atoms with E-state index in [-0.39, 0.29) is 6.79 Å². The van der Waals surface area contributed by atoms with Gasteiger partial charge in [-0.15, -0.1) is 0 Å². The van der Waals surface area contributed by atoms with Gasteiger partial charge in [0.25, 0.3) is 0 Å². The second kappa shape index (κ2) is 5.23. The van der Waals surface area contributed by atoms with Gasteiger partial charge in [0.1, 0.15) is 0 Å². The van der Waals surface area contributed by atoms with Gasteiger partial charge in [0.05, 0.1) is 6.10 Å². The third-order valence-corrected chi connectivity index (χ3v) is 3.59. The van der Waals surface area contributed by atoms with Crippen molar-refractivity contribution in [3.63, 3.8) is 0 Å². The summed E-state index contributed by atoms with van der Waals surface area (Å²) in [5.74, 6) is 1.43. The average molecular weight is 321 g/mol. The van der Waals surface area contributed by atoms with Crippen LogP contribution < -0.4 is 9.47 Å². The fraction of sp³-hybridized carbons (Fsp3) is 0.200. The smallest absolute Gasteiger partial charge is 0.231 e. The Morgan fingerprint density at radius 1 is 1.11 bits per heavy atom. The molecule has 19 heavy (non-hydrogen) atoms. The summed E-state index contributed by atoms with van der Waals surface area (Å²) in [6, 6.07) is 13.5. The zero-order chi connectivity index (χ0) is 13.2. The number of hydrogen-bond donors (Lipinski definition) is 1. The van der Waals surface area contributed by atoms with Crippen LogP contribution >= 0.6 is 15.9 Å². The van der Waals surface area contributed by atoms with Crippen molar-refractivity contribution in [1.82, 2.24) is 0 Å². The fourth-order valence-electron chi connectivity index (χ4n) is 2.13. The van der Waals surface area contributed by atoms with Gasteiger partial charge in [0.15, 0.2) is 11.5 Å². The number of aliphatic hydroxyl groups excluding tert-OH is 1. The van der Waals surface area contributed by atoms with E-state index in [9.17, 15) is 5.11 Å². The molecule has 0 saturated carbocycles. The fourth-order valence-corrected chi connectivity index (χ4v) is 2.57. The second-order valence-electron chi connectivity index (χ2n) is 4.46. The molecule has 1 atom stereocenters. The average Bonchev–Trinajstić information content (AvgIpc) is 2.85. The number of halogens is 1. The molecule has 3 nitrogen and oxygen atoms in total. The Hall–Kier alpha value is -1.52. The van der Waals surface area contributed by atoms with E-state index in [0.717, 1.165) is 21.3 Å². The molecule has 0 amide bonds. The number of rotatable bonds is 3. The van der Waals surface area contributed by atoms with E-state index in [4.69, 9.17) is 9.47 Å². The molecule has 0 aliphatic carbocycles. The molecule has 4 heteroatoms. The van der Waals surface area contributed by atoms with Crippen molar-refractivity contribution in [2.45, 2.75) is 12.5 Å². The van der Waals surface area contributed by atoms with Crippen molar-refractivity contribution in [3.05, 3.63) is 58.1 Å². The SMILES string of the molecule is OC(Cc1cccc(Br)c1)c1ccc2c(c1)OCO2. The maximum atomic E-state index is 10.3. The first kappa shape index (κ1) is 12.5. The summed E-state index contributed by atoms with van der Waals surface area (Å²) in [6.07, 6.45) is 0.0165. The molecular weight excluding hydrogens is 308 g/mol. The maximum Gasteiger partial charge on any atom is 0.231 e. The van der Waals surface area contributed by atoms with Crippen LogP contribution in [0.25, 0.3) is 0 Å². The zero-order valence-electron chi connectivity index (χ0n) is 10.2. The van der Waals surface area contributed by atoms with Crippen LogP contribution in [0.1, 0.15) is 17.2 Å². The number of fused-ring (bicyclic) bond motifs is 1. The molecule has 2 aromatic rings. The normalized spacial score (nSPS) is 14.4. The molecule has 2 aromatic carbocycles. The molecule has 3 rings (SSSR count). The lowest BCUT2D eigenvalue weighted by molar-refractivity contribution is 0.171. The van der Waals surface area contributed by atoms with Crippen molar-refractivity contribution >= 4 is 15.9 Å². The van der Waals surface area contributed by atoms with Crippen molar-refractivity contribution in [3.8, 4) is 11.5 Å². The maximum absolute atomic E-state index is 10.3. The van der Waals surface area contributed by atoms with Crippen molar-refractivity contribution in [1.29, 1.82) is 0 Å². The summed E-state index contributed by atoms with van der Waals surface area (Å²) < 4.78 is 11.6. The van der Waals surface area contributed by atoms with E-state index in [0.29, 0.717) is 12.2 Å². The molecule has 0 aromatic heterocycles. The van der Waals surface area contributed by atoms with Crippen molar-refractivity contribution in [2.24, 2.45) is 0 Å².